The third kappa shape index (κ3) is 3.55. The lowest BCUT2D eigenvalue weighted by atomic mass is 9.78. The quantitative estimate of drug-likeness (QED) is 0.793. The third-order valence-electron chi connectivity index (χ3n) is 6.73. The van der Waals surface area contributed by atoms with Crippen molar-refractivity contribution < 1.29 is 9.59 Å². The fourth-order valence-electron chi connectivity index (χ4n) is 5.16. The van der Waals surface area contributed by atoms with E-state index in [1.165, 1.54) is 49.9 Å². The molecule has 1 aromatic heterocycles. The number of likely N-dealkylation sites (tertiary alicyclic amines) is 2. The molecule has 0 bridgehead atoms. The highest BCUT2D eigenvalue weighted by Crippen LogP contribution is 2.41. The molecular weight excluding hydrogens is 344 g/mol. The maximum atomic E-state index is 13.3. The molecule has 142 valence electrons. The van der Waals surface area contributed by atoms with Crippen LogP contribution < -0.4 is 0 Å². The molecule has 3 heterocycles. The number of carbonyl (C=O) groups is 2. The zero-order valence-corrected chi connectivity index (χ0v) is 16.4. The Bertz CT molecular complexity index is 638. The fraction of sp³-hybridized carbons (Fsp3) is 0.714. The van der Waals surface area contributed by atoms with Crippen molar-refractivity contribution in [2.45, 2.75) is 57.8 Å². The van der Waals surface area contributed by atoms with E-state index in [1.807, 2.05) is 22.4 Å². The van der Waals surface area contributed by atoms with Gasteiger partial charge in [-0.3, -0.25) is 9.59 Å². The zero-order valence-electron chi connectivity index (χ0n) is 15.6. The van der Waals surface area contributed by atoms with E-state index in [2.05, 4.69) is 4.90 Å². The Balaban J connectivity index is 1.37. The summed E-state index contributed by atoms with van der Waals surface area (Å²) in [5, 5.41) is 1.94. The number of amides is 2. The molecule has 1 saturated carbocycles. The topological polar surface area (TPSA) is 40.6 Å². The van der Waals surface area contributed by atoms with E-state index < -0.39 is 0 Å². The summed E-state index contributed by atoms with van der Waals surface area (Å²) in [6.07, 6.45) is 10.8. The minimum Gasteiger partial charge on any atom is -0.342 e. The molecule has 2 aliphatic heterocycles. The van der Waals surface area contributed by atoms with Crippen molar-refractivity contribution in [3.05, 3.63) is 22.4 Å². The number of hydrogen-bond acceptors (Lipinski definition) is 3. The molecule has 1 aromatic rings. The van der Waals surface area contributed by atoms with Gasteiger partial charge in [-0.15, -0.1) is 11.3 Å². The van der Waals surface area contributed by atoms with Gasteiger partial charge in [0.25, 0.3) is 5.91 Å². The normalized spacial score (nSPS) is 27.5. The molecule has 3 fully saturated rings. The monoisotopic (exact) mass is 374 g/mol. The summed E-state index contributed by atoms with van der Waals surface area (Å²) in [5.74, 6) is 1.24. The van der Waals surface area contributed by atoms with Crippen LogP contribution in [-0.2, 0) is 4.79 Å². The van der Waals surface area contributed by atoms with Crippen LogP contribution in [0.5, 0.6) is 0 Å². The largest absolute Gasteiger partial charge is 0.342 e. The summed E-state index contributed by atoms with van der Waals surface area (Å²) in [6.45, 7) is 3.16. The van der Waals surface area contributed by atoms with Crippen LogP contribution in [0.25, 0.3) is 0 Å². The van der Waals surface area contributed by atoms with Crippen LogP contribution in [0.1, 0.15) is 67.5 Å². The number of rotatable bonds is 4. The molecule has 4 rings (SSSR count). The summed E-state index contributed by atoms with van der Waals surface area (Å²) in [7, 11) is 0. The number of thiophene rings is 1. The minimum atomic E-state index is -0.308. The summed E-state index contributed by atoms with van der Waals surface area (Å²) in [5.41, 5.74) is -0.308. The van der Waals surface area contributed by atoms with Gasteiger partial charge in [0.05, 0.1) is 10.3 Å². The molecule has 0 radical (unpaired) electrons. The predicted octanol–water partition coefficient (Wildman–Crippen LogP) is 4.17. The van der Waals surface area contributed by atoms with Crippen molar-refractivity contribution in [2.75, 3.05) is 26.2 Å². The fourth-order valence-corrected chi connectivity index (χ4v) is 5.85. The molecular formula is C21H30N2O2S. The molecule has 3 aliphatic rings. The van der Waals surface area contributed by atoms with Gasteiger partial charge in [-0.1, -0.05) is 38.2 Å². The summed E-state index contributed by atoms with van der Waals surface area (Å²) >= 11 is 1.49. The third-order valence-corrected chi connectivity index (χ3v) is 7.59. The SMILES string of the molecule is O=C(c1cccs1)N1CC[C@@]2(CCCN(CCC3CCCCC3)C2=O)C1. The Labute approximate surface area is 160 Å². The first-order chi connectivity index (χ1) is 12.7. The smallest absolute Gasteiger partial charge is 0.263 e. The second kappa shape index (κ2) is 7.71. The first-order valence-electron chi connectivity index (χ1n) is 10.3. The lowest BCUT2D eigenvalue weighted by Gasteiger charge is -2.40. The zero-order chi connectivity index (χ0) is 18.0. The van der Waals surface area contributed by atoms with Gasteiger partial charge < -0.3 is 9.80 Å². The Morgan fingerprint density at radius 2 is 2.00 bits per heavy atom. The molecule has 5 heteroatoms. The van der Waals surface area contributed by atoms with E-state index in [0.29, 0.717) is 12.5 Å². The van der Waals surface area contributed by atoms with Crippen LogP contribution in [0.4, 0.5) is 0 Å². The number of nitrogens with zero attached hydrogens (tertiary/aromatic N) is 2. The van der Waals surface area contributed by atoms with Crippen molar-refractivity contribution in [1.82, 2.24) is 9.80 Å². The molecule has 4 nitrogen and oxygen atoms in total. The Hall–Kier alpha value is -1.36. The number of hydrogen-bond donors (Lipinski definition) is 0. The molecule has 1 aliphatic carbocycles. The van der Waals surface area contributed by atoms with Crippen LogP contribution in [-0.4, -0.2) is 47.8 Å². The molecule has 2 saturated heterocycles. The molecule has 26 heavy (non-hydrogen) atoms. The van der Waals surface area contributed by atoms with E-state index in [4.69, 9.17) is 0 Å². The van der Waals surface area contributed by atoms with Crippen molar-refractivity contribution in [1.29, 1.82) is 0 Å². The van der Waals surface area contributed by atoms with Crippen molar-refractivity contribution in [3.8, 4) is 0 Å². The van der Waals surface area contributed by atoms with Crippen LogP contribution >= 0.6 is 11.3 Å². The molecule has 0 unspecified atom stereocenters. The van der Waals surface area contributed by atoms with E-state index in [1.54, 1.807) is 0 Å². The van der Waals surface area contributed by atoms with E-state index >= 15 is 0 Å². The minimum absolute atomic E-state index is 0.101. The number of piperidine rings is 1. The first kappa shape index (κ1) is 18.0. The molecule has 0 aromatic carbocycles. The Morgan fingerprint density at radius 3 is 2.77 bits per heavy atom. The summed E-state index contributed by atoms with van der Waals surface area (Å²) in [4.78, 5) is 30.8. The van der Waals surface area contributed by atoms with Gasteiger partial charge in [-0.2, -0.15) is 0 Å². The molecule has 1 spiro atoms. The van der Waals surface area contributed by atoms with Gasteiger partial charge in [-0.25, -0.2) is 0 Å². The van der Waals surface area contributed by atoms with Gasteiger partial charge >= 0.3 is 0 Å². The van der Waals surface area contributed by atoms with Crippen molar-refractivity contribution >= 4 is 23.2 Å². The van der Waals surface area contributed by atoms with Crippen LogP contribution in [0.3, 0.4) is 0 Å². The molecule has 2 amide bonds. The Kier molecular flexibility index (Phi) is 5.35. The predicted molar refractivity (Wildman–Crippen MR) is 104 cm³/mol. The van der Waals surface area contributed by atoms with E-state index in [-0.39, 0.29) is 11.3 Å². The molecule has 0 N–H and O–H groups in total. The van der Waals surface area contributed by atoms with Gasteiger partial charge in [0, 0.05) is 26.2 Å². The van der Waals surface area contributed by atoms with Gasteiger partial charge in [-0.05, 0) is 43.0 Å². The number of carbonyl (C=O) groups excluding carboxylic acids is 2. The van der Waals surface area contributed by atoms with E-state index in [0.717, 1.165) is 49.7 Å². The highest BCUT2D eigenvalue weighted by Gasteiger charge is 2.49. The second-order valence-corrected chi connectivity index (χ2v) is 9.37. The maximum Gasteiger partial charge on any atom is 0.263 e. The lowest BCUT2D eigenvalue weighted by Crippen LogP contribution is -2.50. The van der Waals surface area contributed by atoms with Crippen LogP contribution in [0.2, 0.25) is 0 Å². The maximum absolute atomic E-state index is 13.3. The second-order valence-electron chi connectivity index (χ2n) is 8.42. The first-order valence-corrected chi connectivity index (χ1v) is 11.2. The summed E-state index contributed by atoms with van der Waals surface area (Å²) in [6, 6.07) is 3.81. The van der Waals surface area contributed by atoms with Gasteiger partial charge in [0.1, 0.15) is 0 Å². The van der Waals surface area contributed by atoms with E-state index in [9.17, 15) is 9.59 Å². The average molecular weight is 375 g/mol. The highest BCUT2D eigenvalue weighted by molar-refractivity contribution is 7.12. The highest BCUT2D eigenvalue weighted by atomic mass is 32.1. The average Bonchev–Trinajstić information content (AvgIpc) is 3.34. The molecule has 1 atom stereocenters. The van der Waals surface area contributed by atoms with Gasteiger partial charge in [0.15, 0.2) is 0 Å². The summed E-state index contributed by atoms with van der Waals surface area (Å²) < 4.78 is 0. The van der Waals surface area contributed by atoms with Crippen molar-refractivity contribution in [3.63, 3.8) is 0 Å². The Morgan fingerprint density at radius 1 is 1.15 bits per heavy atom. The van der Waals surface area contributed by atoms with Crippen molar-refractivity contribution in [2.24, 2.45) is 11.3 Å². The lowest BCUT2D eigenvalue weighted by molar-refractivity contribution is -0.145. The standard InChI is InChI=1S/C21H30N2O2S/c24-19(18-8-4-15-26-18)23-14-11-21(16-23)10-5-12-22(20(21)25)13-9-17-6-2-1-3-7-17/h4,8,15,17H,1-3,5-7,9-14,16H2/t21-/m0/s1. The van der Waals surface area contributed by atoms with Crippen LogP contribution in [0, 0.1) is 11.3 Å². The van der Waals surface area contributed by atoms with Gasteiger partial charge in [0.2, 0.25) is 5.91 Å². The van der Waals surface area contributed by atoms with Crippen LogP contribution in [0.15, 0.2) is 17.5 Å².